The van der Waals surface area contributed by atoms with E-state index in [9.17, 15) is 10.0 Å². The van der Waals surface area contributed by atoms with Crippen molar-refractivity contribution >= 4 is 38.3 Å². The fourth-order valence-corrected chi connectivity index (χ4v) is 5.94. The number of hydrogen-bond acceptors (Lipinski definition) is 3. The molecule has 1 aliphatic rings. The van der Waals surface area contributed by atoms with Crippen LogP contribution in [-0.4, -0.2) is 28.2 Å². The molecule has 1 saturated heterocycles. The Kier molecular flexibility index (Phi) is 5.34. The summed E-state index contributed by atoms with van der Waals surface area (Å²) >= 11 is 0. The summed E-state index contributed by atoms with van der Waals surface area (Å²) in [5.74, 6) is -0.163. The molecule has 0 aromatic heterocycles. The zero-order chi connectivity index (χ0) is 23.4. The minimum Gasteiger partial charge on any atom is -0.462 e. The predicted molar refractivity (Wildman–Crippen MR) is 133 cm³/mol. The van der Waals surface area contributed by atoms with Crippen molar-refractivity contribution in [3.8, 4) is 0 Å². The maximum atomic E-state index is 12.6. The summed E-state index contributed by atoms with van der Waals surface area (Å²) in [4.78, 5) is 12.6. The highest BCUT2D eigenvalue weighted by atomic mass is 16.5. The van der Waals surface area contributed by atoms with Gasteiger partial charge in [0.2, 0.25) is 0 Å². The number of aryl methyl sites for hydroxylation is 1. The van der Waals surface area contributed by atoms with Crippen molar-refractivity contribution in [1.82, 2.24) is 5.06 Å². The van der Waals surface area contributed by atoms with Crippen molar-refractivity contribution in [2.75, 3.05) is 0 Å². The van der Waals surface area contributed by atoms with Gasteiger partial charge in [0.1, 0.15) is 6.10 Å². The highest BCUT2D eigenvalue weighted by molar-refractivity contribution is 6.23. The average molecular weight is 443 g/mol. The van der Waals surface area contributed by atoms with Gasteiger partial charge in [-0.1, -0.05) is 54.6 Å². The molecule has 1 aliphatic heterocycles. The number of rotatable bonds is 5. The van der Waals surface area contributed by atoms with Crippen molar-refractivity contribution in [1.29, 1.82) is 0 Å². The Morgan fingerprint density at radius 2 is 1.45 bits per heavy atom. The molecular formula is C29H32NO3. The molecular weight excluding hydrogens is 410 g/mol. The van der Waals surface area contributed by atoms with E-state index in [1.54, 1.807) is 0 Å². The summed E-state index contributed by atoms with van der Waals surface area (Å²) in [6, 6.07) is 19.7. The molecule has 0 atom stereocenters. The van der Waals surface area contributed by atoms with Gasteiger partial charge >= 0.3 is 5.97 Å². The molecule has 5 rings (SSSR count). The molecule has 4 aromatic carbocycles. The lowest BCUT2D eigenvalue weighted by Crippen LogP contribution is -2.60. The normalized spacial score (nSPS) is 18.9. The van der Waals surface area contributed by atoms with Crippen LogP contribution in [0.5, 0.6) is 0 Å². The Labute approximate surface area is 195 Å². The zero-order valence-corrected chi connectivity index (χ0v) is 20.0. The Bertz CT molecular complexity index is 1290. The Balaban J connectivity index is 1.28. The second-order valence-electron chi connectivity index (χ2n) is 10.9. The Hall–Kier alpha value is -2.69. The fourth-order valence-electron chi connectivity index (χ4n) is 5.94. The molecule has 0 saturated carbocycles. The lowest BCUT2D eigenvalue weighted by molar-refractivity contribution is -0.299. The highest BCUT2D eigenvalue weighted by Gasteiger charge is 2.47. The third-order valence-corrected chi connectivity index (χ3v) is 7.30. The first kappa shape index (κ1) is 22.1. The van der Waals surface area contributed by atoms with Gasteiger partial charge < -0.3 is 4.74 Å². The summed E-state index contributed by atoms with van der Waals surface area (Å²) in [5, 5.41) is 21.4. The number of ether oxygens (including phenoxy) is 1. The maximum absolute atomic E-state index is 12.6. The van der Waals surface area contributed by atoms with Crippen LogP contribution in [0, 0.1) is 0 Å². The second kappa shape index (κ2) is 7.96. The van der Waals surface area contributed by atoms with Gasteiger partial charge in [0.25, 0.3) is 0 Å². The van der Waals surface area contributed by atoms with E-state index in [2.05, 4.69) is 54.6 Å². The summed E-state index contributed by atoms with van der Waals surface area (Å²) < 4.78 is 5.82. The molecule has 0 unspecified atom stereocenters. The molecule has 4 nitrogen and oxygen atoms in total. The van der Waals surface area contributed by atoms with E-state index in [-0.39, 0.29) is 12.1 Å². The topological polar surface area (TPSA) is 49.4 Å². The average Bonchev–Trinajstić information content (AvgIpc) is 2.76. The zero-order valence-electron chi connectivity index (χ0n) is 20.0. The van der Waals surface area contributed by atoms with Gasteiger partial charge in [-0.3, -0.25) is 4.79 Å². The highest BCUT2D eigenvalue weighted by Crippen LogP contribution is 2.39. The van der Waals surface area contributed by atoms with E-state index < -0.39 is 11.1 Å². The van der Waals surface area contributed by atoms with Gasteiger partial charge in [-0.2, -0.15) is 0 Å². The Morgan fingerprint density at radius 3 is 2.12 bits per heavy atom. The number of carbonyl (C=O) groups excluding carboxylic acids is 1. The first-order chi connectivity index (χ1) is 15.7. The minimum atomic E-state index is -0.533. The van der Waals surface area contributed by atoms with E-state index in [4.69, 9.17) is 4.74 Å². The van der Waals surface area contributed by atoms with E-state index in [0.717, 1.165) is 17.9 Å². The third-order valence-electron chi connectivity index (χ3n) is 7.30. The SMILES string of the molecule is CC1(C)CC(OC(=O)CCCc2ccc3ccc4cccc5ccc2c3c45)CC(C)(C)N1[O]. The number of hydroxylamine groups is 2. The van der Waals surface area contributed by atoms with E-state index in [1.165, 1.54) is 37.9 Å². The molecule has 33 heavy (non-hydrogen) atoms. The molecule has 0 bridgehead atoms. The molecule has 0 N–H and O–H groups in total. The molecule has 0 amide bonds. The number of esters is 1. The van der Waals surface area contributed by atoms with Crippen LogP contribution in [0.15, 0.2) is 54.6 Å². The first-order valence-corrected chi connectivity index (χ1v) is 12.0. The van der Waals surface area contributed by atoms with Crippen molar-refractivity contribution < 1.29 is 14.7 Å². The lowest BCUT2D eigenvalue weighted by atomic mass is 9.80. The Morgan fingerprint density at radius 1 is 0.879 bits per heavy atom. The van der Waals surface area contributed by atoms with Crippen LogP contribution >= 0.6 is 0 Å². The number of nitrogens with zero attached hydrogens (tertiary/aromatic N) is 1. The quantitative estimate of drug-likeness (QED) is 0.252. The summed E-state index contributed by atoms with van der Waals surface area (Å²) in [5.41, 5.74) is 0.207. The van der Waals surface area contributed by atoms with Gasteiger partial charge in [-0.15, -0.1) is 10.3 Å². The predicted octanol–water partition coefficient (Wildman–Crippen LogP) is 6.82. The number of benzene rings is 4. The van der Waals surface area contributed by atoms with Gasteiger partial charge in [0.15, 0.2) is 0 Å². The van der Waals surface area contributed by atoms with E-state index >= 15 is 0 Å². The minimum absolute atomic E-state index is 0.163. The van der Waals surface area contributed by atoms with Gasteiger partial charge in [-0.25, -0.2) is 0 Å². The van der Waals surface area contributed by atoms with E-state index in [0.29, 0.717) is 19.3 Å². The lowest BCUT2D eigenvalue weighted by Gasteiger charge is -2.49. The van der Waals surface area contributed by atoms with E-state index in [1.807, 2.05) is 27.7 Å². The molecule has 0 aliphatic carbocycles. The van der Waals surface area contributed by atoms with Crippen LogP contribution in [-0.2, 0) is 21.2 Å². The van der Waals surface area contributed by atoms with Crippen LogP contribution in [0.2, 0.25) is 0 Å². The molecule has 4 aromatic rings. The maximum Gasteiger partial charge on any atom is 0.306 e. The summed E-state index contributed by atoms with van der Waals surface area (Å²) in [6.07, 6.45) is 2.90. The number of carbonyl (C=O) groups is 1. The molecule has 1 radical (unpaired) electrons. The van der Waals surface area contributed by atoms with Crippen molar-refractivity contribution in [2.45, 2.75) is 77.0 Å². The molecule has 1 heterocycles. The van der Waals surface area contributed by atoms with Crippen LogP contribution in [0.1, 0.15) is 58.9 Å². The number of hydrogen-bond donors (Lipinski definition) is 0. The van der Waals surface area contributed by atoms with Gasteiger partial charge in [-0.05, 0) is 78.4 Å². The fraction of sp³-hybridized carbons (Fsp3) is 0.414. The van der Waals surface area contributed by atoms with Crippen LogP contribution in [0.3, 0.4) is 0 Å². The molecule has 0 spiro atoms. The standard InChI is InChI=1S/C29H32NO3/c1-28(2)17-23(18-29(3,4)30(28)32)33-25(31)10-6-7-19-11-12-22-14-13-20-8-5-9-21-15-16-24(19)27(22)26(20)21/h5,8-9,11-16,23H,6-7,10,17-18H2,1-4H3. The first-order valence-electron chi connectivity index (χ1n) is 12.0. The van der Waals surface area contributed by atoms with Crippen molar-refractivity contribution in [3.63, 3.8) is 0 Å². The smallest absolute Gasteiger partial charge is 0.306 e. The monoisotopic (exact) mass is 442 g/mol. The summed E-state index contributed by atoms with van der Waals surface area (Å²) in [6.45, 7) is 7.71. The van der Waals surface area contributed by atoms with Crippen LogP contribution in [0.25, 0.3) is 32.3 Å². The molecule has 4 heteroatoms. The van der Waals surface area contributed by atoms with Gasteiger partial charge in [0, 0.05) is 30.3 Å². The number of piperidine rings is 1. The third kappa shape index (κ3) is 3.96. The summed E-state index contributed by atoms with van der Waals surface area (Å²) in [7, 11) is 0. The van der Waals surface area contributed by atoms with Crippen LogP contribution in [0.4, 0.5) is 0 Å². The second-order valence-corrected chi connectivity index (χ2v) is 10.9. The van der Waals surface area contributed by atoms with Crippen LogP contribution < -0.4 is 0 Å². The van der Waals surface area contributed by atoms with Crippen molar-refractivity contribution in [2.24, 2.45) is 0 Å². The van der Waals surface area contributed by atoms with Crippen molar-refractivity contribution in [3.05, 3.63) is 60.2 Å². The largest absolute Gasteiger partial charge is 0.462 e. The van der Waals surface area contributed by atoms with Gasteiger partial charge in [0.05, 0.1) is 0 Å². The molecule has 1 fully saturated rings. The molecule has 171 valence electrons.